The number of rotatable bonds is 4. The molecular formula is C13H15NO4S. The molecule has 0 heterocycles. The Morgan fingerprint density at radius 2 is 2.05 bits per heavy atom. The number of ether oxygens (including phenoxy) is 1. The molecule has 0 spiro atoms. The third-order valence-electron chi connectivity index (χ3n) is 3.52. The Morgan fingerprint density at radius 3 is 2.47 bits per heavy atom. The van der Waals surface area contributed by atoms with Gasteiger partial charge in [0.1, 0.15) is 16.2 Å². The Balaban J connectivity index is 2.68. The summed E-state index contributed by atoms with van der Waals surface area (Å²) in [6.45, 7) is 0. The van der Waals surface area contributed by atoms with E-state index in [0.29, 0.717) is 18.4 Å². The smallest absolute Gasteiger partial charge is 0.235 e. The summed E-state index contributed by atoms with van der Waals surface area (Å²) >= 11 is 0. The topological polar surface area (TPSA) is 72.8 Å². The average Bonchev–Trinajstić information content (AvgIpc) is 2.31. The van der Waals surface area contributed by atoms with E-state index in [1.54, 1.807) is 18.2 Å². The number of nitrogens with zero attached hydrogens (tertiary/aromatic N) is 1. The van der Waals surface area contributed by atoms with E-state index in [1.165, 1.54) is 13.2 Å². The molecule has 0 saturated heterocycles. The predicted molar refractivity (Wildman–Crippen MR) is 69.8 cm³/mol. The number of hydrogen-bond acceptors (Lipinski definition) is 5. The normalized spacial score (nSPS) is 17.2. The van der Waals surface area contributed by atoms with Crippen LogP contribution in [0.4, 0.5) is 0 Å². The van der Waals surface area contributed by atoms with Crippen LogP contribution in [0.15, 0.2) is 28.1 Å². The van der Waals surface area contributed by atoms with E-state index in [9.17, 15) is 13.2 Å². The van der Waals surface area contributed by atoms with Crippen LogP contribution in [0.3, 0.4) is 0 Å². The minimum atomic E-state index is -3.39. The molecule has 0 amide bonds. The van der Waals surface area contributed by atoms with Crippen molar-refractivity contribution in [1.82, 2.24) is 0 Å². The molecule has 1 fully saturated rings. The van der Waals surface area contributed by atoms with Gasteiger partial charge in [-0.1, -0.05) is 12.1 Å². The molecule has 1 saturated carbocycles. The summed E-state index contributed by atoms with van der Waals surface area (Å²) in [5, 5.41) is 0. The molecule has 6 heteroatoms. The van der Waals surface area contributed by atoms with E-state index in [4.69, 9.17) is 4.74 Å². The fraction of sp³-hybridized carbons (Fsp3) is 0.462. The lowest BCUT2D eigenvalue weighted by atomic mass is 9.72. The summed E-state index contributed by atoms with van der Waals surface area (Å²) in [4.78, 5) is 14.6. The molecule has 1 aliphatic carbocycles. The average molecular weight is 281 g/mol. The zero-order valence-corrected chi connectivity index (χ0v) is 11.7. The van der Waals surface area contributed by atoms with Crippen molar-refractivity contribution >= 4 is 15.9 Å². The molecular weight excluding hydrogens is 266 g/mol. The highest BCUT2D eigenvalue weighted by atomic mass is 32.2. The van der Waals surface area contributed by atoms with Gasteiger partial charge in [-0.15, -0.1) is 0 Å². The molecule has 102 valence electrons. The number of para-hydroxylation sites is 1. The van der Waals surface area contributed by atoms with Crippen LogP contribution in [-0.2, 0) is 20.2 Å². The van der Waals surface area contributed by atoms with Crippen LogP contribution in [-0.4, -0.2) is 27.9 Å². The number of carbonyl (C=O) groups excluding carboxylic acids is 1. The van der Waals surface area contributed by atoms with Crippen LogP contribution in [0.1, 0.15) is 24.8 Å². The molecule has 0 N–H and O–H groups in total. The largest absolute Gasteiger partial charge is 0.495 e. The van der Waals surface area contributed by atoms with Crippen molar-refractivity contribution in [2.45, 2.75) is 29.7 Å². The first-order chi connectivity index (χ1) is 8.94. The van der Waals surface area contributed by atoms with Crippen molar-refractivity contribution < 1.29 is 17.9 Å². The maximum atomic E-state index is 11.8. The van der Waals surface area contributed by atoms with Gasteiger partial charge in [-0.25, -0.2) is 13.2 Å². The van der Waals surface area contributed by atoms with Crippen LogP contribution >= 0.6 is 0 Å². The Hall–Kier alpha value is -1.65. The summed E-state index contributed by atoms with van der Waals surface area (Å²) in [5.41, 5.74) is -0.0270. The molecule has 0 aliphatic heterocycles. The van der Waals surface area contributed by atoms with E-state index in [0.717, 1.165) is 12.7 Å². The Labute approximate surface area is 112 Å². The Morgan fingerprint density at radius 1 is 1.37 bits per heavy atom. The molecule has 19 heavy (non-hydrogen) atoms. The quantitative estimate of drug-likeness (QED) is 0.623. The molecule has 0 bridgehead atoms. The van der Waals surface area contributed by atoms with E-state index < -0.39 is 15.4 Å². The summed E-state index contributed by atoms with van der Waals surface area (Å²) < 4.78 is 28.8. The Kier molecular flexibility index (Phi) is 3.47. The number of isocyanates is 1. The van der Waals surface area contributed by atoms with Gasteiger partial charge in [0.15, 0.2) is 9.84 Å². The minimum absolute atomic E-state index is 0.125. The van der Waals surface area contributed by atoms with Gasteiger partial charge in [0.25, 0.3) is 0 Å². The van der Waals surface area contributed by atoms with Crippen molar-refractivity contribution in [2.24, 2.45) is 4.99 Å². The zero-order valence-electron chi connectivity index (χ0n) is 10.8. The van der Waals surface area contributed by atoms with Crippen LogP contribution < -0.4 is 4.74 Å². The van der Waals surface area contributed by atoms with Gasteiger partial charge < -0.3 is 4.74 Å². The number of benzene rings is 1. The maximum Gasteiger partial charge on any atom is 0.235 e. The Bertz CT molecular complexity index is 641. The number of hydrogen-bond donors (Lipinski definition) is 0. The van der Waals surface area contributed by atoms with Crippen molar-refractivity contribution in [3.05, 3.63) is 23.8 Å². The summed E-state index contributed by atoms with van der Waals surface area (Å²) in [5.74, 6) is 0.281. The summed E-state index contributed by atoms with van der Waals surface area (Å²) in [6, 6.07) is 4.90. The molecule has 2 rings (SSSR count). The molecule has 0 radical (unpaired) electrons. The highest BCUT2D eigenvalue weighted by Crippen LogP contribution is 2.49. The molecule has 0 atom stereocenters. The van der Waals surface area contributed by atoms with Gasteiger partial charge in [-0.05, 0) is 25.3 Å². The summed E-state index contributed by atoms with van der Waals surface area (Å²) in [6.07, 6.45) is 5.06. The van der Waals surface area contributed by atoms with Crippen LogP contribution in [0.2, 0.25) is 0 Å². The van der Waals surface area contributed by atoms with E-state index >= 15 is 0 Å². The fourth-order valence-electron chi connectivity index (χ4n) is 2.43. The first-order valence-electron chi connectivity index (χ1n) is 5.91. The van der Waals surface area contributed by atoms with Crippen LogP contribution in [0, 0.1) is 0 Å². The standard InChI is InChI=1S/C13H15NO4S/c1-18-12-10(13(14-9-15)7-4-8-13)5-3-6-11(12)19(2,16)17/h3,5-6H,4,7-8H2,1-2H3. The fourth-order valence-corrected chi connectivity index (χ4v) is 3.28. The van der Waals surface area contributed by atoms with Crippen LogP contribution in [0.25, 0.3) is 0 Å². The highest BCUT2D eigenvalue weighted by molar-refractivity contribution is 7.90. The van der Waals surface area contributed by atoms with Gasteiger partial charge >= 0.3 is 0 Å². The third kappa shape index (κ3) is 2.29. The van der Waals surface area contributed by atoms with E-state index in [-0.39, 0.29) is 10.6 Å². The minimum Gasteiger partial charge on any atom is -0.495 e. The van der Waals surface area contributed by atoms with Crippen molar-refractivity contribution in [3.8, 4) is 5.75 Å². The highest BCUT2D eigenvalue weighted by Gasteiger charge is 2.42. The maximum absolute atomic E-state index is 11.8. The first-order valence-corrected chi connectivity index (χ1v) is 7.80. The monoisotopic (exact) mass is 281 g/mol. The van der Waals surface area contributed by atoms with Crippen molar-refractivity contribution in [3.63, 3.8) is 0 Å². The molecule has 1 aromatic rings. The van der Waals surface area contributed by atoms with Gasteiger partial charge in [-0.2, -0.15) is 4.99 Å². The summed E-state index contributed by atoms with van der Waals surface area (Å²) in [7, 11) is -1.97. The molecule has 1 aromatic carbocycles. The number of methoxy groups -OCH3 is 1. The first kappa shape index (κ1) is 13.8. The molecule has 0 unspecified atom stereocenters. The zero-order chi connectivity index (χ0) is 14.1. The second-order valence-corrected chi connectivity index (χ2v) is 6.68. The lowest BCUT2D eigenvalue weighted by Crippen LogP contribution is -2.32. The van der Waals surface area contributed by atoms with Gasteiger partial charge in [0.05, 0.1) is 7.11 Å². The lowest BCUT2D eigenvalue weighted by molar-refractivity contribution is 0.244. The molecule has 1 aliphatic rings. The predicted octanol–water partition coefficient (Wildman–Crippen LogP) is 1.81. The second-order valence-electron chi connectivity index (χ2n) is 4.70. The van der Waals surface area contributed by atoms with Gasteiger partial charge in [-0.3, -0.25) is 0 Å². The van der Waals surface area contributed by atoms with Gasteiger partial charge in [0, 0.05) is 11.8 Å². The van der Waals surface area contributed by atoms with E-state index in [2.05, 4.69) is 4.99 Å². The molecule has 5 nitrogen and oxygen atoms in total. The number of aliphatic imine (C=N–C) groups is 1. The lowest BCUT2D eigenvalue weighted by Gasteiger charge is -2.38. The van der Waals surface area contributed by atoms with Crippen molar-refractivity contribution in [1.29, 1.82) is 0 Å². The number of sulfone groups is 1. The van der Waals surface area contributed by atoms with Crippen LogP contribution in [0.5, 0.6) is 5.75 Å². The SMILES string of the molecule is COc1c(C2(N=C=O)CCC2)cccc1S(C)(=O)=O. The van der Waals surface area contributed by atoms with Crippen molar-refractivity contribution in [2.75, 3.05) is 13.4 Å². The second kappa shape index (κ2) is 4.79. The molecule has 0 aromatic heterocycles. The third-order valence-corrected chi connectivity index (χ3v) is 4.64. The van der Waals surface area contributed by atoms with E-state index in [1.807, 2.05) is 0 Å². The van der Waals surface area contributed by atoms with Gasteiger partial charge in [0.2, 0.25) is 6.08 Å².